The van der Waals surface area contributed by atoms with Crippen molar-refractivity contribution in [2.45, 2.75) is 12.1 Å². The molecule has 5 rings (SSSR count). The zero-order valence-corrected chi connectivity index (χ0v) is 20.5. The summed E-state index contributed by atoms with van der Waals surface area (Å²) >= 11 is 5.84. The van der Waals surface area contributed by atoms with Gasteiger partial charge in [-0.25, -0.2) is 4.79 Å². The second-order valence-corrected chi connectivity index (χ2v) is 9.01. The van der Waals surface area contributed by atoms with Crippen molar-refractivity contribution < 1.29 is 14.3 Å². The maximum atomic E-state index is 12.2. The molecule has 2 saturated heterocycles. The summed E-state index contributed by atoms with van der Waals surface area (Å²) in [4.78, 5) is 21.5. The number of morpholine rings is 1. The lowest BCUT2D eigenvalue weighted by molar-refractivity contribution is 0.0349. The molecule has 2 unspecified atom stereocenters. The number of thiocarbonyl (C=S) groups is 1. The number of nitrogens with zero attached hydrogens (tertiary/aromatic N) is 4. The van der Waals surface area contributed by atoms with Crippen molar-refractivity contribution in [3.8, 4) is 5.69 Å². The molecule has 0 radical (unpaired) electrons. The number of aromatic nitrogens is 2. The summed E-state index contributed by atoms with van der Waals surface area (Å²) in [5, 5.41) is 4.25. The van der Waals surface area contributed by atoms with Gasteiger partial charge in [0, 0.05) is 50.0 Å². The van der Waals surface area contributed by atoms with Crippen LogP contribution in [-0.2, 0) is 9.47 Å². The maximum absolute atomic E-state index is 12.2. The zero-order valence-electron chi connectivity index (χ0n) is 19.7. The van der Waals surface area contributed by atoms with Crippen LogP contribution in [-0.4, -0.2) is 76.9 Å². The Morgan fingerprint density at radius 3 is 2.77 bits per heavy atom. The first kappa shape index (κ1) is 23.5. The van der Waals surface area contributed by atoms with Gasteiger partial charge >= 0.3 is 5.97 Å². The van der Waals surface area contributed by atoms with Gasteiger partial charge in [0.25, 0.3) is 0 Å². The van der Waals surface area contributed by atoms with Crippen LogP contribution in [0.4, 0.5) is 0 Å². The second kappa shape index (κ2) is 10.6. The van der Waals surface area contributed by atoms with E-state index in [2.05, 4.69) is 30.7 Å². The molecule has 0 spiro atoms. The molecule has 0 aliphatic carbocycles. The number of carbonyl (C=O) groups excluding carboxylic acids is 1. The summed E-state index contributed by atoms with van der Waals surface area (Å²) in [7, 11) is 1.39. The summed E-state index contributed by atoms with van der Waals surface area (Å²) in [6.07, 6.45) is 3.83. The van der Waals surface area contributed by atoms with Gasteiger partial charge in [-0.3, -0.25) is 9.88 Å². The van der Waals surface area contributed by atoms with E-state index < -0.39 is 0 Å². The van der Waals surface area contributed by atoms with Crippen LogP contribution in [0.3, 0.4) is 0 Å². The van der Waals surface area contributed by atoms with E-state index in [1.54, 1.807) is 6.07 Å². The molecule has 4 heterocycles. The highest BCUT2D eigenvalue weighted by Crippen LogP contribution is 2.39. The minimum Gasteiger partial charge on any atom is -0.465 e. The third-order valence-corrected chi connectivity index (χ3v) is 6.94. The number of hydrogen-bond donors (Lipinski definition) is 1. The molecule has 1 aromatic carbocycles. The Balaban J connectivity index is 1.50. The van der Waals surface area contributed by atoms with Crippen LogP contribution in [0.1, 0.15) is 33.8 Å². The zero-order chi connectivity index (χ0) is 24.2. The summed E-state index contributed by atoms with van der Waals surface area (Å²) < 4.78 is 12.6. The lowest BCUT2D eigenvalue weighted by atomic mass is 10.0. The molecule has 8 nitrogen and oxygen atoms in total. The van der Waals surface area contributed by atoms with Crippen molar-refractivity contribution in [3.05, 3.63) is 83.9 Å². The monoisotopic (exact) mass is 491 g/mol. The molecule has 0 saturated carbocycles. The summed E-state index contributed by atoms with van der Waals surface area (Å²) in [5.74, 6) is -0.359. The predicted molar refractivity (Wildman–Crippen MR) is 137 cm³/mol. The number of hydrogen-bond acceptors (Lipinski definition) is 6. The molecule has 0 amide bonds. The Bertz CT molecular complexity index is 1180. The SMILES string of the molecule is COC(=O)c1cccc(-n2cccc2C2C(c3ccccn3)NC(=S)N2CCN2CCOCC2)c1. The van der Waals surface area contributed by atoms with Gasteiger partial charge in [0.1, 0.15) is 0 Å². The third kappa shape index (κ3) is 4.93. The van der Waals surface area contributed by atoms with E-state index in [0.717, 1.165) is 61.6 Å². The van der Waals surface area contributed by atoms with Crippen molar-refractivity contribution >= 4 is 23.3 Å². The van der Waals surface area contributed by atoms with Crippen molar-refractivity contribution in [3.63, 3.8) is 0 Å². The molecule has 0 bridgehead atoms. The molecule has 1 N–H and O–H groups in total. The molecule has 9 heteroatoms. The van der Waals surface area contributed by atoms with Crippen molar-refractivity contribution in [2.75, 3.05) is 46.5 Å². The fraction of sp³-hybridized carbons (Fsp3) is 0.346. The fourth-order valence-electron chi connectivity index (χ4n) is 4.81. The van der Waals surface area contributed by atoms with E-state index >= 15 is 0 Å². The molecule has 2 atom stereocenters. The number of rotatable bonds is 7. The highest BCUT2D eigenvalue weighted by molar-refractivity contribution is 7.80. The molecular formula is C26H29N5O3S. The highest BCUT2D eigenvalue weighted by Gasteiger charge is 2.41. The van der Waals surface area contributed by atoms with Gasteiger partial charge in [0.2, 0.25) is 0 Å². The molecule has 35 heavy (non-hydrogen) atoms. The van der Waals surface area contributed by atoms with E-state index in [1.165, 1.54) is 7.11 Å². The van der Waals surface area contributed by atoms with Crippen LogP contribution in [0.25, 0.3) is 5.69 Å². The number of methoxy groups -OCH3 is 1. The number of benzene rings is 1. The molecule has 2 aromatic heterocycles. The number of ether oxygens (including phenoxy) is 2. The molecule has 182 valence electrons. The number of nitrogens with one attached hydrogen (secondary N) is 1. The van der Waals surface area contributed by atoms with E-state index in [9.17, 15) is 4.79 Å². The Morgan fingerprint density at radius 2 is 2.00 bits per heavy atom. The lowest BCUT2D eigenvalue weighted by Crippen LogP contribution is -2.42. The minimum atomic E-state index is -0.359. The normalized spacial score (nSPS) is 20.6. The van der Waals surface area contributed by atoms with Gasteiger partial charge in [0.05, 0.1) is 43.7 Å². The average molecular weight is 492 g/mol. The van der Waals surface area contributed by atoms with Crippen LogP contribution >= 0.6 is 12.2 Å². The van der Waals surface area contributed by atoms with Crippen LogP contribution in [0.5, 0.6) is 0 Å². The van der Waals surface area contributed by atoms with E-state index in [4.69, 9.17) is 21.7 Å². The highest BCUT2D eigenvalue weighted by atomic mass is 32.1. The maximum Gasteiger partial charge on any atom is 0.337 e. The molecule has 2 aliphatic heterocycles. The summed E-state index contributed by atoms with van der Waals surface area (Å²) in [5.41, 5.74) is 3.40. The predicted octanol–water partition coefficient (Wildman–Crippen LogP) is 2.96. The Morgan fingerprint density at radius 1 is 1.14 bits per heavy atom. The van der Waals surface area contributed by atoms with Crippen LogP contribution in [0, 0.1) is 0 Å². The minimum absolute atomic E-state index is 0.0739. The number of esters is 1. The summed E-state index contributed by atoms with van der Waals surface area (Å²) in [6, 6.07) is 17.4. The van der Waals surface area contributed by atoms with Crippen molar-refractivity contribution in [1.82, 2.24) is 24.7 Å². The molecular weight excluding hydrogens is 462 g/mol. The standard InChI is InChI=1S/C26H29N5O3S/c1-33-25(32)19-6-4-7-20(18-19)30-11-5-9-22(30)24-23(21-8-2-3-10-27-21)28-26(35)31(24)13-12-29-14-16-34-17-15-29/h2-11,18,23-24H,12-17H2,1H3,(H,28,35). The Hall–Kier alpha value is -3.27. The van der Waals surface area contributed by atoms with E-state index in [1.807, 2.05) is 54.9 Å². The summed E-state index contributed by atoms with van der Waals surface area (Å²) in [6.45, 7) is 5.07. The molecule has 2 aliphatic rings. The van der Waals surface area contributed by atoms with Crippen LogP contribution < -0.4 is 5.32 Å². The first-order chi connectivity index (χ1) is 17.2. The van der Waals surface area contributed by atoms with Crippen molar-refractivity contribution in [1.29, 1.82) is 0 Å². The molecule has 3 aromatic rings. The van der Waals surface area contributed by atoms with E-state index in [0.29, 0.717) is 5.56 Å². The van der Waals surface area contributed by atoms with Crippen molar-refractivity contribution in [2.24, 2.45) is 0 Å². The van der Waals surface area contributed by atoms with Crippen LogP contribution in [0.2, 0.25) is 0 Å². The average Bonchev–Trinajstić information content (AvgIpc) is 3.52. The second-order valence-electron chi connectivity index (χ2n) is 8.62. The number of pyridine rings is 1. The topological polar surface area (TPSA) is 71.9 Å². The Labute approximate surface area is 210 Å². The van der Waals surface area contributed by atoms with Gasteiger partial charge in [-0.05, 0) is 54.7 Å². The largest absolute Gasteiger partial charge is 0.465 e. The van der Waals surface area contributed by atoms with Gasteiger partial charge < -0.3 is 24.3 Å². The van der Waals surface area contributed by atoms with Crippen LogP contribution in [0.15, 0.2) is 67.0 Å². The van der Waals surface area contributed by atoms with Gasteiger partial charge in [0.15, 0.2) is 5.11 Å². The van der Waals surface area contributed by atoms with Gasteiger partial charge in [-0.15, -0.1) is 0 Å². The first-order valence-corrected chi connectivity index (χ1v) is 12.2. The molecule has 2 fully saturated rings. The lowest BCUT2D eigenvalue weighted by Gasteiger charge is -2.32. The van der Waals surface area contributed by atoms with Gasteiger partial charge in [-0.2, -0.15) is 0 Å². The van der Waals surface area contributed by atoms with E-state index in [-0.39, 0.29) is 18.1 Å². The quantitative estimate of drug-likeness (QED) is 0.400. The fourth-order valence-corrected chi connectivity index (χ4v) is 5.14. The first-order valence-electron chi connectivity index (χ1n) is 11.8. The third-order valence-electron chi connectivity index (χ3n) is 6.59. The number of carbonyl (C=O) groups is 1. The Kier molecular flexibility index (Phi) is 7.08. The van der Waals surface area contributed by atoms with Gasteiger partial charge in [-0.1, -0.05) is 12.1 Å². The smallest absolute Gasteiger partial charge is 0.337 e.